The van der Waals surface area contributed by atoms with E-state index in [1.807, 2.05) is 0 Å². The number of aliphatic imine (C=N–C) groups is 1. The fourth-order valence-corrected chi connectivity index (χ4v) is 3.82. The summed E-state index contributed by atoms with van der Waals surface area (Å²) in [6, 6.07) is 8.53. The largest absolute Gasteiger partial charge is 0.370 e. The van der Waals surface area contributed by atoms with Crippen molar-refractivity contribution in [2.24, 2.45) is 16.6 Å². The van der Waals surface area contributed by atoms with Gasteiger partial charge in [0, 0.05) is 31.5 Å². The molecule has 1 atom stereocenters. The third-order valence-electron chi connectivity index (χ3n) is 5.14. The van der Waals surface area contributed by atoms with Crippen LogP contribution in [0.25, 0.3) is 0 Å². The normalized spacial score (nSPS) is 18.7. The molecule has 1 aromatic carbocycles. The lowest BCUT2D eigenvalue weighted by Gasteiger charge is -2.35. The molecule has 0 radical (unpaired) electrons. The molecule has 1 aliphatic rings. The lowest BCUT2D eigenvalue weighted by atomic mass is 9.82. The zero-order valence-corrected chi connectivity index (χ0v) is 16.7. The van der Waals surface area contributed by atoms with Crippen LogP contribution in [0.1, 0.15) is 51.2 Å². The minimum atomic E-state index is -0.209. The summed E-state index contributed by atoms with van der Waals surface area (Å²) in [5.74, 6) is 1.07. The maximum Gasteiger partial charge on any atom is 0.217 e. The average molecular weight is 359 g/mol. The van der Waals surface area contributed by atoms with Gasteiger partial charge in [-0.15, -0.1) is 0 Å². The van der Waals surface area contributed by atoms with Gasteiger partial charge in [-0.25, -0.2) is 0 Å². The molecule has 1 aromatic rings. The van der Waals surface area contributed by atoms with Gasteiger partial charge >= 0.3 is 0 Å². The number of carbonyl (C=O) groups is 1. The predicted octanol–water partition coefficient (Wildman–Crippen LogP) is 2.83. The fourth-order valence-electron chi connectivity index (χ4n) is 3.82. The van der Waals surface area contributed by atoms with E-state index in [9.17, 15) is 4.79 Å². The Morgan fingerprint density at radius 2 is 2.12 bits per heavy atom. The highest BCUT2D eigenvalue weighted by Gasteiger charge is 2.26. The van der Waals surface area contributed by atoms with Crippen molar-refractivity contribution in [3.05, 3.63) is 35.4 Å². The first-order valence-corrected chi connectivity index (χ1v) is 9.71. The van der Waals surface area contributed by atoms with E-state index in [1.165, 1.54) is 11.1 Å². The lowest BCUT2D eigenvalue weighted by molar-refractivity contribution is -0.119. The molecule has 2 rings (SSSR count). The number of amides is 1. The van der Waals surface area contributed by atoms with E-state index in [1.54, 1.807) is 0 Å². The van der Waals surface area contributed by atoms with Gasteiger partial charge in [0.2, 0.25) is 5.91 Å². The minimum absolute atomic E-state index is 0.0333. The number of nitrogens with zero attached hydrogens (tertiary/aromatic N) is 2. The molecule has 1 fully saturated rings. The van der Waals surface area contributed by atoms with Crippen LogP contribution in [0, 0.1) is 12.8 Å². The van der Waals surface area contributed by atoms with Gasteiger partial charge in [0.05, 0.1) is 6.54 Å². The molecule has 0 bridgehead atoms. The maximum atomic E-state index is 11.3. The Balaban J connectivity index is 2.13. The molecule has 1 unspecified atom stereocenters. The third kappa shape index (κ3) is 5.48. The topological polar surface area (TPSA) is 70.7 Å². The van der Waals surface area contributed by atoms with Crippen LogP contribution in [0.5, 0.6) is 0 Å². The van der Waals surface area contributed by atoms with Crippen LogP contribution < -0.4 is 11.1 Å². The van der Waals surface area contributed by atoms with Gasteiger partial charge in [-0.05, 0) is 43.7 Å². The van der Waals surface area contributed by atoms with Crippen LogP contribution in [0.2, 0.25) is 0 Å². The minimum Gasteiger partial charge on any atom is -0.370 e. The molecule has 0 saturated carbocycles. The molecule has 1 heterocycles. The molecule has 1 amide bonds. The average Bonchev–Trinajstić information content (AvgIpc) is 2.58. The van der Waals surface area contributed by atoms with E-state index in [2.05, 4.69) is 62.2 Å². The number of primary amides is 1. The number of likely N-dealkylation sites (tertiary alicyclic amines) is 1. The number of benzene rings is 1. The number of carbonyl (C=O) groups excluding carboxylic acids is 1. The summed E-state index contributed by atoms with van der Waals surface area (Å²) in [6.45, 7) is 12.1. The Bertz CT molecular complexity index is 639. The summed E-state index contributed by atoms with van der Waals surface area (Å²) in [5.41, 5.74) is 8.00. The lowest BCUT2D eigenvalue weighted by Crippen LogP contribution is -2.47. The van der Waals surface area contributed by atoms with E-state index >= 15 is 0 Å². The summed E-state index contributed by atoms with van der Waals surface area (Å²) in [7, 11) is 0. The molecule has 26 heavy (non-hydrogen) atoms. The first-order valence-electron chi connectivity index (χ1n) is 9.71. The number of nitrogens with one attached hydrogen (secondary N) is 1. The van der Waals surface area contributed by atoms with Gasteiger partial charge in [-0.1, -0.05) is 38.1 Å². The third-order valence-corrected chi connectivity index (χ3v) is 5.14. The number of nitrogens with two attached hydrogens (primary N) is 1. The number of rotatable bonds is 6. The van der Waals surface area contributed by atoms with Gasteiger partial charge in [0.1, 0.15) is 0 Å². The van der Waals surface area contributed by atoms with Crippen molar-refractivity contribution in [1.29, 1.82) is 0 Å². The maximum absolute atomic E-state index is 11.3. The zero-order valence-electron chi connectivity index (χ0n) is 16.7. The van der Waals surface area contributed by atoms with Gasteiger partial charge in [0.15, 0.2) is 5.96 Å². The molecular weight excluding hydrogens is 324 g/mol. The molecule has 1 aliphatic heterocycles. The van der Waals surface area contributed by atoms with Crippen molar-refractivity contribution in [3.63, 3.8) is 0 Å². The van der Waals surface area contributed by atoms with Gasteiger partial charge in [-0.3, -0.25) is 9.79 Å². The first-order chi connectivity index (χ1) is 12.3. The number of aryl methyl sites for hydroxylation is 1. The van der Waals surface area contributed by atoms with Crippen LogP contribution in [0.15, 0.2) is 29.3 Å². The highest BCUT2D eigenvalue weighted by Crippen LogP contribution is 2.27. The first kappa shape index (κ1) is 20.3. The van der Waals surface area contributed by atoms with E-state index in [0.717, 1.165) is 45.0 Å². The highest BCUT2D eigenvalue weighted by molar-refractivity contribution is 5.80. The Kier molecular flexibility index (Phi) is 7.06. The quantitative estimate of drug-likeness (QED) is 0.607. The Labute approximate surface area is 158 Å². The Morgan fingerprint density at radius 1 is 1.38 bits per heavy atom. The molecule has 0 spiro atoms. The van der Waals surface area contributed by atoms with Crippen molar-refractivity contribution in [1.82, 2.24) is 10.2 Å². The Hall–Kier alpha value is -2.04. The number of hydrogen-bond acceptors (Lipinski definition) is 2. The Morgan fingerprint density at radius 3 is 2.77 bits per heavy atom. The second kappa shape index (κ2) is 9.06. The van der Waals surface area contributed by atoms with Crippen molar-refractivity contribution in [2.75, 3.05) is 26.2 Å². The molecule has 144 valence electrons. The van der Waals surface area contributed by atoms with Crippen molar-refractivity contribution < 1.29 is 4.79 Å². The van der Waals surface area contributed by atoms with E-state index in [4.69, 9.17) is 10.7 Å². The zero-order chi connectivity index (χ0) is 19.2. The van der Waals surface area contributed by atoms with Crippen molar-refractivity contribution in [2.45, 2.75) is 52.4 Å². The number of piperidine rings is 1. The summed E-state index contributed by atoms with van der Waals surface area (Å²) in [6.07, 6.45) is 2.60. The standard InChI is InChI=1S/C21H34N4O/c1-5-23-20(25-12-8-10-17(14-25)13-19(22)26)24-15-21(3,4)18-11-7-6-9-16(18)2/h6-7,9,11,17H,5,8,10,12-15H2,1-4H3,(H2,22,26)(H,23,24). The molecule has 3 N–H and O–H groups in total. The van der Waals surface area contributed by atoms with Crippen LogP contribution in [-0.4, -0.2) is 42.9 Å². The van der Waals surface area contributed by atoms with Gasteiger partial charge in [-0.2, -0.15) is 0 Å². The van der Waals surface area contributed by atoms with E-state index in [-0.39, 0.29) is 11.3 Å². The highest BCUT2D eigenvalue weighted by atomic mass is 16.1. The summed E-state index contributed by atoms with van der Waals surface area (Å²) in [5, 5.41) is 3.42. The second-order valence-electron chi connectivity index (χ2n) is 7.99. The molecule has 0 aliphatic carbocycles. The summed E-state index contributed by atoms with van der Waals surface area (Å²) < 4.78 is 0. The molecule has 1 saturated heterocycles. The van der Waals surface area contributed by atoms with Crippen molar-refractivity contribution in [3.8, 4) is 0 Å². The van der Waals surface area contributed by atoms with Crippen molar-refractivity contribution >= 4 is 11.9 Å². The SMILES string of the molecule is CCNC(=NCC(C)(C)c1ccccc1C)N1CCCC(CC(N)=O)C1. The smallest absolute Gasteiger partial charge is 0.217 e. The monoisotopic (exact) mass is 358 g/mol. The fraction of sp³-hybridized carbons (Fsp3) is 0.619. The van der Waals surface area contributed by atoms with E-state index in [0.29, 0.717) is 12.3 Å². The second-order valence-corrected chi connectivity index (χ2v) is 7.99. The van der Waals surface area contributed by atoms with Crippen LogP contribution in [0.3, 0.4) is 0 Å². The van der Waals surface area contributed by atoms with E-state index < -0.39 is 0 Å². The predicted molar refractivity (Wildman–Crippen MR) is 108 cm³/mol. The molecule has 0 aromatic heterocycles. The number of guanidine groups is 1. The summed E-state index contributed by atoms with van der Waals surface area (Å²) >= 11 is 0. The van der Waals surface area contributed by atoms with Crippen LogP contribution in [0.4, 0.5) is 0 Å². The number of hydrogen-bond donors (Lipinski definition) is 2. The summed E-state index contributed by atoms with van der Waals surface area (Å²) in [4.78, 5) is 18.5. The van der Waals surface area contributed by atoms with Gasteiger partial charge in [0.25, 0.3) is 0 Å². The molecule has 5 nitrogen and oxygen atoms in total. The molecule has 5 heteroatoms. The van der Waals surface area contributed by atoms with Crippen LogP contribution >= 0.6 is 0 Å². The van der Waals surface area contributed by atoms with Gasteiger partial charge < -0.3 is 16.0 Å². The van der Waals surface area contributed by atoms with Crippen LogP contribution in [-0.2, 0) is 10.2 Å². The molecular formula is C21H34N4O.